The van der Waals surface area contributed by atoms with E-state index >= 15 is 0 Å². The van der Waals surface area contributed by atoms with Crippen LogP contribution in [0.25, 0.3) is 0 Å². The van der Waals surface area contributed by atoms with Gasteiger partial charge in [0.05, 0.1) is 20.6 Å². The number of ether oxygens (including phenoxy) is 2. The summed E-state index contributed by atoms with van der Waals surface area (Å²) in [5, 5.41) is 9.18. The van der Waals surface area contributed by atoms with Gasteiger partial charge in [-0.2, -0.15) is 0 Å². The maximum Gasteiger partial charge on any atom is 0.304 e. The molecule has 0 saturated carbocycles. The molecule has 0 saturated heterocycles. The summed E-state index contributed by atoms with van der Waals surface area (Å²) in [6.07, 6.45) is 0.0273. The van der Waals surface area contributed by atoms with Crippen LogP contribution >= 0.6 is 0 Å². The first-order valence-electron chi connectivity index (χ1n) is 6.64. The zero-order valence-corrected chi connectivity index (χ0v) is 12.1. The molecule has 2 aromatic rings. The van der Waals surface area contributed by atoms with Crippen molar-refractivity contribution >= 4 is 5.97 Å². The lowest BCUT2D eigenvalue weighted by Crippen LogP contribution is -2.08. The van der Waals surface area contributed by atoms with Crippen molar-refractivity contribution in [3.8, 4) is 11.5 Å². The highest BCUT2D eigenvalue weighted by molar-refractivity contribution is 5.69. The maximum absolute atomic E-state index is 11.2. The molecule has 0 spiro atoms. The minimum absolute atomic E-state index is 0.0273. The van der Waals surface area contributed by atoms with E-state index in [0.29, 0.717) is 11.5 Å². The fraction of sp³-hybridized carbons (Fsp3) is 0.235. The molecule has 0 radical (unpaired) electrons. The third kappa shape index (κ3) is 3.54. The van der Waals surface area contributed by atoms with Crippen LogP contribution in [0.2, 0.25) is 0 Å². The number of hydrogen-bond donors (Lipinski definition) is 1. The van der Waals surface area contributed by atoms with Gasteiger partial charge in [0.1, 0.15) is 0 Å². The van der Waals surface area contributed by atoms with Crippen molar-refractivity contribution in [2.24, 2.45) is 0 Å². The molecule has 21 heavy (non-hydrogen) atoms. The smallest absolute Gasteiger partial charge is 0.304 e. The Morgan fingerprint density at radius 3 is 2.24 bits per heavy atom. The van der Waals surface area contributed by atoms with E-state index < -0.39 is 5.97 Å². The average molecular weight is 286 g/mol. The molecule has 1 unspecified atom stereocenters. The monoisotopic (exact) mass is 286 g/mol. The summed E-state index contributed by atoms with van der Waals surface area (Å²) >= 11 is 0. The van der Waals surface area contributed by atoms with Crippen molar-refractivity contribution in [2.75, 3.05) is 14.2 Å². The lowest BCUT2D eigenvalue weighted by Gasteiger charge is -2.18. The van der Waals surface area contributed by atoms with Gasteiger partial charge < -0.3 is 14.6 Å². The van der Waals surface area contributed by atoms with Crippen molar-refractivity contribution < 1.29 is 19.4 Å². The number of carboxylic acids is 1. The van der Waals surface area contributed by atoms with Crippen molar-refractivity contribution in [3.63, 3.8) is 0 Å². The first-order chi connectivity index (χ1) is 10.2. The van der Waals surface area contributed by atoms with Crippen molar-refractivity contribution in [1.29, 1.82) is 0 Å². The standard InChI is InChI=1S/C17H18O4/c1-20-15-9-8-13(10-16(15)21-2)14(11-17(18)19)12-6-4-3-5-7-12/h3-10,14H,11H2,1-2H3,(H,18,19). The van der Waals surface area contributed by atoms with Crippen LogP contribution in [-0.4, -0.2) is 25.3 Å². The molecule has 110 valence electrons. The molecule has 0 aliphatic heterocycles. The van der Waals surface area contributed by atoms with Gasteiger partial charge in [0.25, 0.3) is 0 Å². The summed E-state index contributed by atoms with van der Waals surface area (Å²) in [5.41, 5.74) is 1.85. The van der Waals surface area contributed by atoms with Gasteiger partial charge in [0, 0.05) is 5.92 Å². The largest absolute Gasteiger partial charge is 0.493 e. The molecule has 0 fully saturated rings. The Labute approximate surface area is 123 Å². The number of carbonyl (C=O) groups is 1. The van der Waals surface area contributed by atoms with Crippen LogP contribution in [0.4, 0.5) is 0 Å². The molecule has 0 aromatic heterocycles. The molecular formula is C17H18O4. The van der Waals surface area contributed by atoms with Gasteiger partial charge in [-0.3, -0.25) is 4.79 Å². The van der Waals surface area contributed by atoms with E-state index in [-0.39, 0.29) is 12.3 Å². The first kappa shape index (κ1) is 14.9. The molecule has 0 bridgehead atoms. The van der Waals surface area contributed by atoms with Gasteiger partial charge in [-0.1, -0.05) is 36.4 Å². The van der Waals surface area contributed by atoms with E-state index in [1.807, 2.05) is 42.5 Å². The highest BCUT2D eigenvalue weighted by atomic mass is 16.5. The Morgan fingerprint density at radius 1 is 1.00 bits per heavy atom. The molecule has 0 aliphatic carbocycles. The number of carboxylic acid groups (broad SMARTS) is 1. The van der Waals surface area contributed by atoms with E-state index in [0.717, 1.165) is 11.1 Å². The number of benzene rings is 2. The Kier molecular flexibility index (Phi) is 4.82. The van der Waals surface area contributed by atoms with Gasteiger partial charge in [-0.15, -0.1) is 0 Å². The molecule has 0 aliphatic rings. The second kappa shape index (κ2) is 6.79. The molecule has 2 rings (SSSR count). The normalized spacial score (nSPS) is 11.7. The van der Waals surface area contributed by atoms with Gasteiger partial charge in [0.15, 0.2) is 11.5 Å². The molecule has 0 amide bonds. The summed E-state index contributed by atoms with van der Waals surface area (Å²) in [6.45, 7) is 0. The van der Waals surface area contributed by atoms with E-state index in [2.05, 4.69) is 0 Å². The SMILES string of the molecule is COc1ccc(C(CC(=O)O)c2ccccc2)cc1OC. The Balaban J connectivity index is 2.44. The van der Waals surface area contributed by atoms with Gasteiger partial charge >= 0.3 is 5.97 Å². The number of hydrogen-bond acceptors (Lipinski definition) is 3. The topological polar surface area (TPSA) is 55.8 Å². The number of methoxy groups -OCH3 is 2. The second-order valence-corrected chi connectivity index (χ2v) is 4.68. The van der Waals surface area contributed by atoms with Crippen LogP contribution in [0.3, 0.4) is 0 Å². The predicted octanol–water partition coefficient (Wildman–Crippen LogP) is 3.31. The minimum atomic E-state index is -0.835. The molecule has 1 N–H and O–H groups in total. The fourth-order valence-electron chi connectivity index (χ4n) is 2.36. The summed E-state index contributed by atoms with van der Waals surface area (Å²) in [4.78, 5) is 11.2. The van der Waals surface area contributed by atoms with E-state index in [4.69, 9.17) is 9.47 Å². The third-order valence-electron chi connectivity index (χ3n) is 3.39. The summed E-state index contributed by atoms with van der Waals surface area (Å²) in [7, 11) is 3.14. The Bertz CT molecular complexity index is 607. The van der Waals surface area contributed by atoms with Gasteiger partial charge in [-0.25, -0.2) is 0 Å². The minimum Gasteiger partial charge on any atom is -0.493 e. The van der Waals surface area contributed by atoms with Crippen molar-refractivity contribution in [2.45, 2.75) is 12.3 Å². The fourth-order valence-corrected chi connectivity index (χ4v) is 2.36. The van der Waals surface area contributed by atoms with E-state index in [1.54, 1.807) is 20.3 Å². The van der Waals surface area contributed by atoms with E-state index in [1.165, 1.54) is 0 Å². The third-order valence-corrected chi connectivity index (χ3v) is 3.39. The maximum atomic E-state index is 11.2. The Hall–Kier alpha value is -2.49. The highest BCUT2D eigenvalue weighted by Gasteiger charge is 2.19. The van der Waals surface area contributed by atoms with Crippen LogP contribution in [0.15, 0.2) is 48.5 Å². The summed E-state index contributed by atoms with van der Waals surface area (Å²) in [5.74, 6) is 0.173. The first-order valence-corrected chi connectivity index (χ1v) is 6.64. The summed E-state index contributed by atoms with van der Waals surface area (Å²) in [6, 6.07) is 15.1. The second-order valence-electron chi connectivity index (χ2n) is 4.68. The van der Waals surface area contributed by atoms with Crippen LogP contribution in [0.1, 0.15) is 23.5 Å². The Morgan fingerprint density at radius 2 is 1.67 bits per heavy atom. The van der Waals surface area contributed by atoms with Crippen LogP contribution in [0.5, 0.6) is 11.5 Å². The molecule has 1 atom stereocenters. The van der Waals surface area contributed by atoms with Gasteiger partial charge in [0.2, 0.25) is 0 Å². The molecular weight excluding hydrogens is 268 g/mol. The van der Waals surface area contributed by atoms with Crippen molar-refractivity contribution in [1.82, 2.24) is 0 Å². The van der Waals surface area contributed by atoms with E-state index in [9.17, 15) is 9.90 Å². The van der Waals surface area contributed by atoms with Crippen molar-refractivity contribution in [3.05, 3.63) is 59.7 Å². The van der Waals surface area contributed by atoms with Crippen LogP contribution in [-0.2, 0) is 4.79 Å². The predicted molar refractivity (Wildman–Crippen MR) is 80.1 cm³/mol. The van der Waals surface area contributed by atoms with Crippen LogP contribution < -0.4 is 9.47 Å². The highest BCUT2D eigenvalue weighted by Crippen LogP contribution is 2.34. The van der Waals surface area contributed by atoms with Crippen LogP contribution in [0, 0.1) is 0 Å². The molecule has 2 aromatic carbocycles. The summed E-state index contributed by atoms with van der Waals surface area (Å²) < 4.78 is 10.5. The molecule has 4 heteroatoms. The van der Waals surface area contributed by atoms with Gasteiger partial charge in [-0.05, 0) is 23.3 Å². The number of aliphatic carboxylic acids is 1. The zero-order chi connectivity index (χ0) is 15.2. The lowest BCUT2D eigenvalue weighted by molar-refractivity contribution is -0.137. The number of rotatable bonds is 6. The zero-order valence-electron chi connectivity index (χ0n) is 12.1. The lowest BCUT2D eigenvalue weighted by atomic mass is 9.88. The molecule has 0 heterocycles. The average Bonchev–Trinajstić information content (AvgIpc) is 2.52. The quantitative estimate of drug-likeness (QED) is 0.885. The molecule has 4 nitrogen and oxygen atoms in total.